The third kappa shape index (κ3) is 6.71. The minimum Gasteiger partial charge on any atom is -0.385 e. The van der Waals surface area contributed by atoms with Crippen molar-refractivity contribution in [1.82, 2.24) is 10.2 Å². The van der Waals surface area contributed by atoms with E-state index in [-0.39, 0.29) is 10.8 Å². The highest BCUT2D eigenvalue weighted by Crippen LogP contribution is 2.36. The average molecular weight is 527 g/mol. The topological polar surface area (TPSA) is 82.2 Å². The Morgan fingerprint density at radius 3 is 2.35 bits per heavy atom. The van der Waals surface area contributed by atoms with Gasteiger partial charge in [-0.3, -0.25) is 4.79 Å². The lowest BCUT2D eigenvalue weighted by Crippen LogP contribution is -2.45. The molecule has 2 aliphatic heterocycles. The minimum absolute atomic E-state index is 0.198. The van der Waals surface area contributed by atoms with Crippen LogP contribution in [0.3, 0.4) is 0 Å². The number of amides is 1. The number of hydrogen-bond donors (Lipinski definition) is 1. The second-order valence-electron chi connectivity index (χ2n) is 9.79. The summed E-state index contributed by atoms with van der Waals surface area (Å²) in [5.74, 6) is -0.258. The van der Waals surface area contributed by atoms with Gasteiger partial charge in [-0.1, -0.05) is 36.4 Å². The summed E-state index contributed by atoms with van der Waals surface area (Å²) in [5.41, 5.74) is 4.32. The second-order valence-corrected chi connectivity index (χ2v) is 11.8. The first-order valence-electron chi connectivity index (χ1n) is 12.9. The van der Waals surface area contributed by atoms with Gasteiger partial charge in [0.25, 0.3) is 5.91 Å². The molecule has 0 saturated carbocycles. The first-order chi connectivity index (χ1) is 17.8. The Labute approximate surface area is 220 Å². The maximum Gasteiger partial charge on any atom is 0.253 e. The molecule has 2 aromatic rings. The number of benzene rings is 2. The third-order valence-corrected chi connectivity index (χ3v) is 8.20. The van der Waals surface area contributed by atoms with Crippen LogP contribution in [0.2, 0.25) is 0 Å². The van der Waals surface area contributed by atoms with Gasteiger partial charge in [-0.05, 0) is 43.2 Å². The molecule has 1 amide bonds. The van der Waals surface area contributed by atoms with E-state index in [9.17, 15) is 13.2 Å². The molecule has 2 aliphatic rings. The fourth-order valence-corrected chi connectivity index (χ4v) is 5.81. The molecule has 0 radical (unpaired) electrons. The molecular weight excluding hydrogens is 488 g/mol. The number of likely N-dealkylation sites (N-methyl/N-ethyl adjacent to an activating group) is 1. The molecule has 2 aromatic carbocycles. The van der Waals surface area contributed by atoms with E-state index in [2.05, 4.69) is 45.3 Å². The van der Waals surface area contributed by atoms with E-state index in [1.807, 2.05) is 24.3 Å². The molecule has 2 heterocycles. The molecule has 1 fully saturated rings. The number of hydrogen-bond acceptors (Lipinski definition) is 7. The quantitative estimate of drug-likeness (QED) is 0.503. The summed E-state index contributed by atoms with van der Waals surface area (Å²) in [4.78, 5) is 20.1. The van der Waals surface area contributed by atoms with Gasteiger partial charge in [-0.15, -0.1) is 0 Å². The van der Waals surface area contributed by atoms with Crippen LogP contribution in [-0.2, 0) is 14.6 Å². The van der Waals surface area contributed by atoms with Gasteiger partial charge in [-0.2, -0.15) is 0 Å². The Bertz CT molecular complexity index is 1220. The normalized spacial score (nSPS) is 17.0. The number of nitrogens with one attached hydrogen (secondary N) is 1. The van der Waals surface area contributed by atoms with Crippen LogP contribution < -0.4 is 15.1 Å². The van der Waals surface area contributed by atoms with Gasteiger partial charge >= 0.3 is 0 Å². The zero-order valence-electron chi connectivity index (χ0n) is 22.1. The molecule has 0 unspecified atom stereocenters. The highest BCUT2D eigenvalue weighted by atomic mass is 32.2. The van der Waals surface area contributed by atoms with Crippen molar-refractivity contribution < 1.29 is 17.9 Å². The van der Waals surface area contributed by atoms with E-state index < -0.39 is 9.84 Å². The number of sulfone groups is 1. The van der Waals surface area contributed by atoms with Gasteiger partial charge in [0.1, 0.15) is 0 Å². The highest BCUT2D eigenvalue weighted by molar-refractivity contribution is 7.90. The fourth-order valence-electron chi connectivity index (χ4n) is 4.91. The van der Waals surface area contributed by atoms with E-state index in [0.29, 0.717) is 43.9 Å². The highest BCUT2D eigenvalue weighted by Gasteiger charge is 2.28. The Hall–Kier alpha value is -2.88. The maximum absolute atomic E-state index is 13.3. The molecule has 0 spiro atoms. The van der Waals surface area contributed by atoms with Gasteiger partial charge in [0.2, 0.25) is 0 Å². The van der Waals surface area contributed by atoms with Crippen LogP contribution in [-0.4, -0.2) is 92.1 Å². The molecule has 0 bridgehead atoms. The Balaban J connectivity index is 1.71. The van der Waals surface area contributed by atoms with Gasteiger partial charge < -0.3 is 24.8 Å². The van der Waals surface area contributed by atoms with E-state index in [1.165, 1.54) is 17.4 Å². The Kier molecular flexibility index (Phi) is 8.89. The van der Waals surface area contributed by atoms with Crippen molar-refractivity contribution in [3.05, 3.63) is 59.7 Å². The summed E-state index contributed by atoms with van der Waals surface area (Å²) in [5, 5.41) is 2.95. The SMILES string of the molecule is COCCCNC(=O)c1cc(S(C)(=O)=O)c(N2CC=C(c3ccccc3)CC2)cc1N1CCN(C)CC1. The number of carbonyl (C=O) groups is 1. The summed E-state index contributed by atoms with van der Waals surface area (Å²) in [7, 11) is 0.136. The largest absolute Gasteiger partial charge is 0.385 e. The predicted molar refractivity (Wildman–Crippen MR) is 149 cm³/mol. The van der Waals surface area contributed by atoms with E-state index in [1.54, 1.807) is 13.2 Å². The van der Waals surface area contributed by atoms with Gasteiger partial charge in [0.15, 0.2) is 9.84 Å². The number of nitrogens with zero attached hydrogens (tertiary/aromatic N) is 3. The third-order valence-electron chi connectivity index (χ3n) is 7.07. The summed E-state index contributed by atoms with van der Waals surface area (Å²) in [6, 6.07) is 13.8. The number of piperazine rings is 1. The monoisotopic (exact) mass is 526 g/mol. The molecule has 1 N–H and O–H groups in total. The fraction of sp³-hybridized carbons (Fsp3) is 0.464. The Morgan fingerprint density at radius 1 is 1.00 bits per heavy atom. The zero-order chi connectivity index (χ0) is 26.4. The van der Waals surface area contributed by atoms with Crippen LogP contribution >= 0.6 is 0 Å². The summed E-state index contributed by atoms with van der Waals surface area (Å²) >= 11 is 0. The molecule has 0 aromatic heterocycles. The zero-order valence-corrected chi connectivity index (χ0v) is 22.9. The summed E-state index contributed by atoms with van der Waals surface area (Å²) < 4.78 is 31.0. The van der Waals surface area contributed by atoms with Gasteiger partial charge in [0.05, 0.1) is 21.8 Å². The van der Waals surface area contributed by atoms with Gasteiger partial charge in [-0.25, -0.2) is 8.42 Å². The van der Waals surface area contributed by atoms with Crippen molar-refractivity contribution in [2.75, 3.05) is 82.6 Å². The first-order valence-corrected chi connectivity index (χ1v) is 14.7. The number of carbonyl (C=O) groups excluding carboxylic acids is 1. The smallest absolute Gasteiger partial charge is 0.253 e. The molecule has 9 heteroatoms. The standard InChI is InChI=1S/C28H38N4O4S/c1-30-15-17-32(18-16-30)25-21-26(31-13-10-23(11-14-31)22-8-5-4-6-9-22)27(37(3,34)35)20-24(25)28(33)29-12-7-19-36-2/h4-6,8-10,20-21H,7,11-19H2,1-3H3,(H,29,33). The molecule has 1 saturated heterocycles. The number of ether oxygens (including phenoxy) is 1. The molecular formula is C28H38N4O4S. The summed E-state index contributed by atoms with van der Waals surface area (Å²) in [6.07, 6.45) is 4.90. The maximum atomic E-state index is 13.3. The van der Waals surface area contributed by atoms with Crippen molar-refractivity contribution in [2.24, 2.45) is 0 Å². The van der Waals surface area contributed by atoms with Crippen LogP contribution in [0, 0.1) is 0 Å². The molecule has 0 aliphatic carbocycles. The van der Waals surface area contributed by atoms with Crippen LogP contribution in [0.1, 0.15) is 28.8 Å². The number of methoxy groups -OCH3 is 1. The second kappa shape index (κ2) is 12.1. The Morgan fingerprint density at radius 2 is 1.73 bits per heavy atom. The van der Waals surface area contributed by atoms with Crippen molar-refractivity contribution >= 4 is 32.7 Å². The van der Waals surface area contributed by atoms with Crippen molar-refractivity contribution in [3.63, 3.8) is 0 Å². The lowest BCUT2D eigenvalue weighted by atomic mass is 9.99. The van der Waals surface area contributed by atoms with Gasteiger partial charge in [0, 0.05) is 65.8 Å². The molecule has 8 nitrogen and oxygen atoms in total. The molecule has 37 heavy (non-hydrogen) atoms. The van der Waals surface area contributed by atoms with Crippen LogP contribution in [0.15, 0.2) is 53.4 Å². The number of rotatable bonds is 9. The number of anilines is 2. The lowest BCUT2D eigenvalue weighted by molar-refractivity contribution is 0.0948. The van der Waals surface area contributed by atoms with Crippen molar-refractivity contribution in [2.45, 2.75) is 17.7 Å². The average Bonchev–Trinajstić information content (AvgIpc) is 2.91. The molecule has 0 atom stereocenters. The lowest BCUT2D eigenvalue weighted by Gasteiger charge is -2.37. The van der Waals surface area contributed by atoms with E-state index in [0.717, 1.165) is 38.3 Å². The minimum atomic E-state index is -3.58. The van der Waals surface area contributed by atoms with Crippen molar-refractivity contribution in [1.29, 1.82) is 0 Å². The van der Waals surface area contributed by atoms with Crippen molar-refractivity contribution in [3.8, 4) is 0 Å². The van der Waals surface area contributed by atoms with Crippen LogP contribution in [0.25, 0.3) is 5.57 Å². The predicted octanol–water partition coefficient (Wildman–Crippen LogP) is 2.90. The van der Waals surface area contributed by atoms with E-state index in [4.69, 9.17) is 4.74 Å². The van der Waals surface area contributed by atoms with Crippen LogP contribution in [0.4, 0.5) is 11.4 Å². The molecule has 200 valence electrons. The summed E-state index contributed by atoms with van der Waals surface area (Å²) in [6.45, 7) is 5.63. The first kappa shape index (κ1) is 27.2. The molecule has 4 rings (SSSR count). The van der Waals surface area contributed by atoms with E-state index >= 15 is 0 Å². The van der Waals surface area contributed by atoms with Crippen LogP contribution in [0.5, 0.6) is 0 Å².